The first-order chi connectivity index (χ1) is 16.4. The Morgan fingerprint density at radius 2 is 1.97 bits per heavy atom. The van der Waals surface area contributed by atoms with Crippen LogP contribution in [0.15, 0.2) is 59.7 Å². The minimum absolute atomic E-state index is 0.0917. The van der Waals surface area contributed by atoms with Gasteiger partial charge in [0.2, 0.25) is 5.56 Å². The molecule has 0 aliphatic rings. The van der Waals surface area contributed by atoms with Gasteiger partial charge in [-0.3, -0.25) is 14.6 Å². The van der Waals surface area contributed by atoms with E-state index in [1.807, 2.05) is 45.9 Å². The van der Waals surface area contributed by atoms with Crippen LogP contribution in [0.1, 0.15) is 66.5 Å². The predicted molar refractivity (Wildman–Crippen MR) is 129 cm³/mol. The van der Waals surface area contributed by atoms with Crippen LogP contribution < -0.4 is 10.9 Å². The number of carbonyl (C=O) groups is 1. The zero-order valence-electron chi connectivity index (χ0n) is 19.6. The zero-order valence-corrected chi connectivity index (χ0v) is 19.6. The van der Waals surface area contributed by atoms with Crippen molar-refractivity contribution in [3.05, 3.63) is 87.7 Å². The first-order valence-electron chi connectivity index (χ1n) is 11.2. The summed E-state index contributed by atoms with van der Waals surface area (Å²) in [5.74, 6) is 0.519. The molecule has 9 nitrogen and oxygen atoms in total. The average molecular weight is 458 g/mol. The van der Waals surface area contributed by atoms with Crippen molar-refractivity contribution in [1.82, 2.24) is 35.5 Å². The molecule has 1 atom stereocenters. The number of amides is 1. The van der Waals surface area contributed by atoms with Crippen LogP contribution in [-0.2, 0) is 0 Å². The van der Waals surface area contributed by atoms with Gasteiger partial charge in [-0.2, -0.15) is 4.68 Å². The number of nitrogens with zero attached hydrogens (tertiary/aromatic N) is 5. The van der Waals surface area contributed by atoms with Gasteiger partial charge in [0.1, 0.15) is 0 Å². The first kappa shape index (κ1) is 23.0. The van der Waals surface area contributed by atoms with Gasteiger partial charge in [0.25, 0.3) is 5.91 Å². The topological polar surface area (TPSA) is 118 Å². The maximum Gasteiger partial charge on any atom is 0.251 e. The molecule has 0 radical (unpaired) electrons. The standard InChI is InChI=1S/C25H27N7O2/c1-5-21(17-8-9-26-23(33)13-17)28-25(34)19-10-18(22-7-6-16(4)14-27-22)11-20(12-19)32-24(15(2)3)29-30-31-32/h6-15,21H,5H2,1-4H3,(H,26,33)(H,28,34). The van der Waals surface area contributed by atoms with Crippen molar-refractivity contribution >= 4 is 5.91 Å². The number of nitrogens with one attached hydrogen (secondary N) is 2. The summed E-state index contributed by atoms with van der Waals surface area (Å²) in [7, 11) is 0. The van der Waals surface area contributed by atoms with E-state index in [9.17, 15) is 9.59 Å². The lowest BCUT2D eigenvalue weighted by Gasteiger charge is -2.18. The molecule has 0 saturated carbocycles. The van der Waals surface area contributed by atoms with Crippen molar-refractivity contribution in [1.29, 1.82) is 0 Å². The molecule has 0 aliphatic carbocycles. The van der Waals surface area contributed by atoms with Crippen molar-refractivity contribution in [3.8, 4) is 16.9 Å². The number of aromatic nitrogens is 6. The van der Waals surface area contributed by atoms with E-state index in [0.717, 1.165) is 22.4 Å². The summed E-state index contributed by atoms with van der Waals surface area (Å²) in [5, 5.41) is 15.2. The molecule has 174 valence electrons. The lowest BCUT2D eigenvalue weighted by atomic mass is 10.0. The molecule has 0 fully saturated rings. The Kier molecular flexibility index (Phi) is 6.62. The fraction of sp³-hybridized carbons (Fsp3) is 0.280. The van der Waals surface area contributed by atoms with Crippen molar-refractivity contribution in [3.63, 3.8) is 0 Å². The Morgan fingerprint density at radius 1 is 1.15 bits per heavy atom. The summed E-state index contributed by atoms with van der Waals surface area (Å²) in [6, 6.07) is 12.4. The molecule has 34 heavy (non-hydrogen) atoms. The molecule has 9 heteroatoms. The number of hydrogen-bond acceptors (Lipinski definition) is 6. The van der Waals surface area contributed by atoms with Crippen molar-refractivity contribution in [2.24, 2.45) is 0 Å². The second-order valence-corrected chi connectivity index (χ2v) is 8.51. The molecule has 1 amide bonds. The fourth-order valence-electron chi connectivity index (χ4n) is 3.73. The summed E-state index contributed by atoms with van der Waals surface area (Å²) < 4.78 is 1.65. The van der Waals surface area contributed by atoms with Gasteiger partial charge in [0.05, 0.1) is 17.4 Å². The highest BCUT2D eigenvalue weighted by Gasteiger charge is 2.19. The normalized spacial score (nSPS) is 12.0. The van der Waals surface area contributed by atoms with Crippen LogP contribution in [0.5, 0.6) is 0 Å². The highest BCUT2D eigenvalue weighted by molar-refractivity contribution is 5.96. The summed E-state index contributed by atoms with van der Waals surface area (Å²) in [5.41, 5.74) is 4.22. The highest BCUT2D eigenvalue weighted by Crippen LogP contribution is 2.25. The molecule has 3 heterocycles. The maximum absolute atomic E-state index is 13.4. The van der Waals surface area contributed by atoms with E-state index in [2.05, 4.69) is 30.8 Å². The van der Waals surface area contributed by atoms with Gasteiger partial charge >= 0.3 is 0 Å². The van der Waals surface area contributed by atoms with E-state index in [0.29, 0.717) is 23.5 Å². The van der Waals surface area contributed by atoms with E-state index in [-0.39, 0.29) is 23.4 Å². The van der Waals surface area contributed by atoms with Crippen LogP contribution in [0, 0.1) is 6.92 Å². The Bertz CT molecular complexity index is 1360. The van der Waals surface area contributed by atoms with Gasteiger partial charge < -0.3 is 10.3 Å². The second kappa shape index (κ2) is 9.78. The fourth-order valence-corrected chi connectivity index (χ4v) is 3.73. The predicted octanol–water partition coefficient (Wildman–Crippen LogP) is 3.73. The lowest BCUT2D eigenvalue weighted by Crippen LogP contribution is -2.29. The SMILES string of the molecule is CCC(NC(=O)c1cc(-c2ccc(C)cn2)cc(-n2nnnc2C(C)C)c1)c1cc[nH]c(=O)c1. The van der Waals surface area contributed by atoms with E-state index in [1.165, 1.54) is 6.07 Å². The molecule has 4 aromatic rings. The van der Waals surface area contributed by atoms with Crippen LogP contribution >= 0.6 is 0 Å². The number of hydrogen-bond donors (Lipinski definition) is 2. The number of benzene rings is 1. The Morgan fingerprint density at radius 3 is 2.65 bits per heavy atom. The zero-order chi connectivity index (χ0) is 24.2. The Labute approximate surface area is 197 Å². The lowest BCUT2D eigenvalue weighted by molar-refractivity contribution is 0.0935. The second-order valence-electron chi connectivity index (χ2n) is 8.51. The molecule has 0 saturated heterocycles. The van der Waals surface area contributed by atoms with Gasteiger partial charge in [-0.05, 0) is 65.2 Å². The number of aryl methyl sites for hydroxylation is 1. The molecular weight excluding hydrogens is 430 g/mol. The minimum Gasteiger partial charge on any atom is -0.345 e. The van der Waals surface area contributed by atoms with E-state index in [1.54, 1.807) is 35.3 Å². The summed E-state index contributed by atoms with van der Waals surface area (Å²) in [6.07, 6.45) is 4.00. The van der Waals surface area contributed by atoms with E-state index in [4.69, 9.17) is 0 Å². The molecule has 1 aromatic carbocycles. The number of aromatic amines is 1. The average Bonchev–Trinajstić information content (AvgIpc) is 3.33. The quantitative estimate of drug-likeness (QED) is 0.437. The number of rotatable bonds is 7. The van der Waals surface area contributed by atoms with Crippen molar-refractivity contribution < 1.29 is 4.79 Å². The van der Waals surface area contributed by atoms with Crippen LogP contribution in [0.3, 0.4) is 0 Å². The third-order valence-electron chi connectivity index (χ3n) is 5.56. The van der Waals surface area contributed by atoms with Crippen LogP contribution in [0.4, 0.5) is 0 Å². The van der Waals surface area contributed by atoms with E-state index < -0.39 is 0 Å². The Balaban J connectivity index is 1.77. The van der Waals surface area contributed by atoms with Gasteiger partial charge in [0.15, 0.2) is 5.82 Å². The van der Waals surface area contributed by atoms with Gasteiger partial charge in [-0.15, -0.1) is 5.10 Å². The molecule has 3 aromatic heterocycles. The number of pyridine rings is 2. The number of tetrazole rings is 1. The molecule has 0 spiro atoms. The van der Waals surface area contributed by atoms with Crippen molar-refractivity contribution in [2.75, 3.05) is 0 Å². The molecule has 1 unspecified atom stereocenters. The van der Waals surface area contributed by atoms with Gasteiger partial charge in [-0.1, -0.05) is 26.8 Å². The molecule has 4 rings (SSSR count). The third kappa shape index (κ3) is 4.93. The molecule has 0 bridgehead atoms. The number of H-pyrrole nitrogens is 1. The maximum atomic E-state index is 13.4. The van der Waals surface area contributed by atoms with Gasteiger partial charge in [-0.25, -0.2) is 0 Å². The minimum atomic E-state index is -0.307. The number of carbonyl (C=O) groups excluding carboxylic acids is 1. The third-order valence-corrected chi connectivity index (χ3v) is 5.56. The van der Waals surface area contributed by atoms with Crippen LogP contribution in [0.2, 0.25) is 0 Å². The largest absolute Gasteiger partial charge is 0.345 e. The smallest absolute Gasteiger partial charge is 0.251 e. The molecule has 2 N–H and O–H groups in total. The van der Waals surface area contributed by atoms with Crippen molar-refractivity contribution in [2.45, 2.75) is 46.1 Å². The monoisotopic (exact) mass is 457 g/mol. The van der Waals surface area contributed by atoms with Gasteiger partial charge in [0, 0.05) is 35.5 Å². The van der Waals surface area contributed by atoms with E-state index >= 15 is 0 Å². The highest BCUT2D eigenvalue weighted by atomic mass is 16.1. The summed E-state index contributed by atoms with van der Waals surface area (Å²) >= 11 is 0. The molecule has 0 aliphatic heterocycles. The first-order valence-corrected chi connectivity index (χ1v) is 11.2. The molecular formula is C25H27N7O2. The Hall–Kier alpha value is -4.14. The van der Waals surface area contributed by atoms with Crippen LogP contribution in [0.25, 0.3) is 16.9 Å². The summed E-state index contributed by atoms with van der Waals surface area (Å²) in [4.78, 5) is 32.3. The van der Waals surface area contributed by atoms with Crippen LogP contribution in [-0.4, -0.2) is 36.1 Å². The summed E-state index contributed by atoms with van der Waals surface area (Å²) in [6.45, 7) is 7.95.